The molecule has 2 heterocycles. The highest BCUT2D eigenvalue weighted by Crippen LogP contribution is 2.32. The Morgan fingerprint density at radius 1 is 1.38 bits per heavy atom. The number of carbonyl (C=O) groups is 1. The van der Waals surface area contributed by atoms with Crippen LogP contribution in [0, 0.1) is 11.7 Å². The zero-order valence-corrected chi connectivity index (χ0v) is 13.2. The summed E-state index contributed by atoms with van der Waals surface area (Å²) in [4.78, 5) is 19.9. The molecule has 0 saturated heterocycles. The Hall–Kier alpha value is -2.69. The number of H-pyrrole nitrogens is 1. The maximum Gasteiger partial charge on any atom is 0.223 e. The molecule has 0 saturated carbocycles. The minimum Gasteiger partial charge on any atom is -0.358 e. The first-order valence-electron chi connectivity index (χ1n) is 8.16. The number of aromatic nitrogens is 2. The largest absolute Gasteiger partial charge is 0.358 e. The summed E-state index contributed by atoms with van der Waals surface area (Å²) < 4.78 is 13.5. The average molecular weight is 323 g/mol. The van der Waals surface area contributed by atoms with E-state index in [-0.39, 0.29) is 17.6 Å². The number of rotatable bonds is 3. The number of nitrogens with zero attached hydrogens (tertiary/aromatic N) is 1. The Morgan fingerprint density at radius 3 is 3.12 bits per heavy atom. The fraction of sp³-hybridized carbons (Fsp3) is 0.263. The first-order chi connectivity index (χ1) is 11.7. The standard InChI is InChI=1S/C19H18FN3O/c20-14-4-6-18-16(9-14)15-8-13(3-5-17(15)23-18)19(24)22-11-12-2-1-7-21-10-12/h1-2,4,6-7,9-10,13,23H,3,5,8,11H2,(H,22,24). The van der Waals surface area contributed by atoms with E-state index >= 15 is 0 Å². The molecule has 3 aromatic rings. The molecule has 2 aromatic heterocycles. The van der Waals surface area contributed by atoms with Gasteiger partial charge in [0.05, 0.1) is 0 Å². The van der Waals surface area contributed by atoms with Crippen molar-refractivity contribution in [3.8, 4) is 0 Å². The van der Waals surface area contributed by atoms with E-state index in [1.165, 1.54) is 6.07 Å². The topological polar surface area (TPSA) is 57.8 Å². The molecule has 0 radical (unpaired) electrons. The number of carbonyl (C=O) groups excluding carboxylic acids is 1. The summed E-state index contributed by atoms with van der Waals surface area (Å²) in [5.41, 5.74) is 4.14. The lowest BCUT2D eigenvalue weighted by molar-refractivity contribution is -0.125. The van der Waals surface area contributed by atoms with Crippen LogP contribution in [0.1, 0.15) is 23.2 Å². The Kier molecular flexibility index (Phi) is 3.76. The van der Waals surface area contributed by atoms with E-state index in [1.807, 2.05) is 12.1 Å². The van der Waals surface area contributed by atoms with E-state index in [9.17, 15) is 9.18 Å². The van der Waals surface area contributed by atoms with E-state index in [0.717, 1.165) is 40.6 Å². The van der Waals surface area contributed by atoms with Crippen molar-refractivity contribution in [3.63, 3.8) is 0 Å². The van der Waals surface area contributed by atoms with Gasteiger partial charge in [-0.3, -0.25) is 9.78 Å². The minimum absolute atomic E-state index is 0.0512. The van der Waals surface area contributed by atoms with E-state index in [0.29, 0.717) is 13.0 Å². The highest BCUT2D eigenvalue weighted by Gasteiger charge is 2.27. The molecule has 5 heteroatoms. The zero-order chi connectivity index (χ0) is 16.5. The molecule has 1 atom stereocenters. The van der Waals surface area contributed by atoms with Crippen molar-refractivity contribution in [1.29, 1.82) is 0 Å². The second-order valence-corrected chi connectivity index (χ2v) is 6.29. The number of pyridine rings is 1. The predicted molar refractivity (Wildman–Crippen MR) is 89.9 cm³/mol. The number of hydrogen-bond donors (Lipinski definition) is 2. The number of amides is 1. The molecule has 0 bridgehead atoms. The van der Waals surface area contributed by atoms with Crippen LogP contribution < -0.4 is 5.32 Å². The lowest BCUT2D eigenvalue weighted by atomic mass is 9.86. The number of aryl methyl sites for hydroxylation is 1. The van der Waals surface area contributed by atoms with Crippen LogP contribution in [0.4, 0.5) is 4.39 Å². The van der Waals surface area contributed by atoms with Crippen LogP contribution >= 0.6 is 0 Å². The molecule has 0 fully saturated rings. The quantitative estimate of drug-likeness (QED) is 0.778. The summed E-state index contributed by atoms with van der Waals surface area (Å²) in [7, 11) is 0. The Morgan fingerprint density at radius 2 is 2.29 bits per heavy atom. The van der Waals surface area contributed by atoms with E-state index in [4.69, 9.17) is 0 Å². The van der Waals surface area contributed by atoms with Gasteiger partial charge in [-0.2, -0.15) is 0 Å². The number of fused-ring (bicyclic) bond motifs is 3. The van der Waals surface area contributed by atoms with E-state index in [1.54, 1.807) is 24.5 Å². The molecule has 2 N–H and O–H groups in total. The van der Waals surface area contributed by atoms with Crippen molar-refractivity contribution >= 4 is 16.8 Å². The van der Waals surface area contributed by atoms with Crippen LogP contribution in [0.25, 0.3) is 10.9 Å². The van der Waals surface area contributed by atoms with Crippen LogP contribution in [0.3, 0.4) is 0 Å². The lowest BCUT2D eigenvalue weighted by Gasteiger charge is -2.21. The average Bonchev–Trinajstić information content (AvgIpc) is 2.97. The zero-order valence-electron chi connectivity index (χ0n) is 13.2. The van der Waals surface area contributed by atoms with Crippen LogP contribution in [-0.2, 0) is 24.2 Å². The molecule has 1 aromatic carbocycles. The van der Waals surface area contributed by atoms with Gasteiger partial charge in [0.25, 0.3) is 0 Å². The Balaban J connectivity index is 1.50. The van der Waals surface area contributed by atoms with Crippen molar-refractivity contribution in [2.24, 2.45) is 5.92 Å². The molecule has 1 unspecified atom stereocenters. The van der Waals surface area contributed by atoms with Crippen molar-refractivity contribution in [3.05, 3.63) is 65.4 Å². The number of halogens is 1. The second kappa shape index (κ2) is 6.07. The lowest BCUT2D eigenvalue weighted by Crippen LogP contribution is -2.33. The van der Waals surface area contributed by atoms with Gasteiger partial charge in [-0.15, -0.1) is 0 Å². The maximum atomic E-state index is 13.5. The third-order valence-electron chi connectivity index (χ3n) is 4.71. The molecule has 122 valence electrons. The van der Waals surface area contributed by atoms with Gasteiger partial charge in [0.2, 0.25) is 5.91 Å². The summed E-state index contributed by atoms with van der Waals surface area (Å²) in [5.74, 6) is -0.265. The summed E-state index contributed by atoms with van der Waals surface area (Å²) >= 11 is 0. The normalized spacial score (nSPS) is 16.8. The van der Waals surface area contributed by atoms with Crippen molar-refractivity contribution < 1.29 is 9.18 Å². The molecule has 0 aliphatic heterocycles. The predicted octanol–water partition coefficient (Wildman–Crippen LogP) is 3.12. The van der Waals surface area contributed by atoms with E-state index in [2.05, 4.69) is 15.3 Å². The van der Waals surface area contributed by atoms with Gasteiger partial charge in [0.1, 0.15) is 5.82 Å². The van der Waals surface area contributed by atoms with Gasteiger partial charge in [-0.1, -0.05) is 6.07 Å². The van der Waals surface area contributed by atoms with E-state index < -0.39 is 0 Å². The molecule has 4 rings (SSSR count). The fourth-order valence-corrected chi connectivity index (χ4v) is 3.45. The summed E-state index contributed by atoms with van der Waals surface area (Å²) in [6, 6.07) is 8.58. The molecule has 24 heavy (non-hydrogen) atoms. The van der Waals surface area contributed by atoms with Gasteiger partial charge in [0.15, 0.2) is 0 Å². The SMILES string of the molecule is O=C(NCc1cccnc1)C1CCc2[nH]c3ccc(F)cc3c2C1. The fourth-order valence-electron chi connectivity index (χ4n) is 3.45. The smallest absolute Gasteiger partial charge is 0.223 e. The monoisotopic (exact) mass is 323 g/mol. The second-order valence-electron chi connectivity index (χ2n) is 6.29. The number of benzene rings is 1. The first-order valence-corrected chi connectivity index (χ1v) is 8.16. The highest BCUT2D eigenvalue weighted by atomic mass is 19.1. The molecular formula is C19H18FN3O. The summed E-state index contributed by atoms with van der Waals surface area (Å²) in [6.07, 6.45) is 5.74. The molecule has 1 aliphatic carbocycles. The maximum absolute atomic E-state index is 13.5. The molecule has 0 spiro atoms. The third kappa shape index (κ3) is 2.77. The Labute approximate surface area is 139 Å². The van der Waals surface area contributed by atoms with Gasteiger partial charge >= 0.3 is 0 Å². The Bertz CT molecular complexity index is 888. The molecular weight excluding hydrogens is 305 g/mol. The molecule has 1 aliphatic rings. The van der Waals surface area contributed by atoms with Crippen molar-refractivity contribution in [2.75, 3.05) is 0 Å². The summed E-state index contributed by atoms with van der Waals surface area (Å²) in [6.45, 7) is 0.485. The number of nitrogens with one attached hydrogen (secondary N) is 2. The highest BCUT2D eigenvalue weighted by molar-refractivity contribution is 5.87. The third-order valence-corrected chi connectivity index (χ3v) is 4.71. The van der Waals surface area contributed by atoms with Crippen LogP contribution in [0.5, 0.6) is 0 Å². The van der Waals surface area contributed by atoms with Crippen molar-refractivity contribution in [2.45, 2.75) is 25.8 Å². The van der Waals surface area contributed by atoms with Gasteiger partial charge in [-0.25, -0.2) is 4.39 Å². The molecule has 1 amide bonds. The van der Waals surface area contributed by atoms with Gasteiger partial charge in [0, 0.05) is 41.5 Å². The van der Waals surface area contributed by atoms with Crippen LogP contribution in [0.2, 0.25) is 0 Å². The minimum atomic E-state index is -0.243. The van der Waals surface area contributed by atoms with Crippen LogP contribution in [0.15, 0.2) is 42.7 Å². The van der Waals surface area contributed by atoms with Gasteiger partial charge < -0.3 is 10.3 Å². The number of hydrogen-bond acceptors (Lipinski definition) is 2. The van der Waals surface area contributed by atoms with Gasteiger partial charge in [-0.05, 0) is 54.7 Å². The first kappa shape index (κ1) is 14.9. The molecule has 4 nitrogen and oxygen atoms in total. The number of aromatic amines is 1. The van der Waals surface area contributed by atoms with Crippen LogP contribution in [-0.4, -0.2) is 15.9 Å². The van der Waals surface area contributed by atoms with Crippen molar-refractivity contribution in [1.82, 2.24) is 15.3 Å². The summed E-state index contributed by atoms with van der Waals surface area (Å²) in [5, 5.41) is 3.89.